The second-order valence-corrected chi connectivity index (χ2v) is 11.1. The number of aromatic nitrogens is 2. The van der Waals surface area contributed by atoms with Crippen LogP contribution in [0, 0.1) is 6.92 Å². The number of alkyl halides is 3. The molecular formula is C28H26F3N3O5S. The number of nitrogens with zero attached hydrogens (tertiary/aromatic N) is 3. The summed E-state index contributed by atoms with van der Waals surface area (Å²) in [5.41, 5.74) is 3.07. The number of aryl methyl sites for hydroxylation is 1. The minimum atomic E-state index is -4.83. The first-order valence-electron chi connectivity index (χ1n) is 13.0. The lowest BCUT2D eigenvalue weighted by molar-refractivity contribution is -0.274. The fourth-order valence-electron chi connectivity index (χ4n) is 5.07. The number of carbonyl (C=O) groups is 1. The maximum absolute atomic E-state index is 13.0. The van der Waals surface area contributed by atoms with E-state index in [4.69, 9.17) is 14.2 Å². The van der Waals surface area contributed by atoms with E-state index in [1.165, 1.54) is 29.5 Å². The van der Waals surface area contributed by atoms with Crippen molar-refractivity contribution < 1.29 is 37.1 Å². The number of anilines is 1. The number of fused-ring (bicyclic) bond motifs is 1. The molecule has 4 aromatic rings. The number of piperidine rings is 1. The van der Waals surface area contributed by atoms with Gasteiger partial charge < -0.3 is 24.0 Å². The van der Waals surface area contributed by atoms with Gasteiger partial charge in [-0.25, -0.2) is 9.78 Å². The van der Waals surface area contributed by atoms with E-state index in [0.29, 0.717) is 30.1 Å². The van der Waals surface area contributed by atoms with Gasteiger partial charge in [-0.15, -0.1) is 13.2 Å². The molecule has 0 spiro atoms. The number of carboxylic acid groups (broad SMARTS) is 1. The van der Waals surface area contributed by atoms with E-state index >= 15 is 0 Å². The van der Waals surface area contributed by atoms with E-state index in [0.717, 1.165) is 46.6 Å². The third kappa shape index (κ3) is 5.50. The van der Waals surface area contributed by atoms with Crippen molar-refractivity contribution >= 4 is 32.7 Å². The quantitative estimate of drug-likeness (QED) is 0.243. The molecule has 2 aliphatic rings. The molecule has 40 heavy (non-hydrogen) atoms. The fourth-order valence-corrected chi connectivity index (χ4v) is 6.21. The second-order valence-electron chi connectivity index (χ2n) is 10.1. The van der Waals surface area contributed by atoms with Crippen LogP contribution < -0.4 is 9.64 Å². The van der Waals surface area contributed by atoms with Crippen LogP contribution in [0.25, 0.3) is 21.5 Å². The zero-order valence-electron chi connectivity index (χ0n) is 21.5. The zero-order valence-corrected chi connectivity index (χ0v) is 22.3. The lowest BCUT2D eigenvalue weighted by atomic mass is 10.0. The molecule has 1 saturated carbocycles. The number of benzene rings is 2. The van der Waals surface area contributed by atoms with E-state index in [1.807, 2.05) is 6.92 Å². The van der Waals surface area contributed by atoms with Crippen molar-refractivity contribution in [3.63, 3.8) is 0 Å². The number of ether oxygens (including phenoxy) is 2. The minimum Gasteiger partial charge on any atom is -0.478 e. The molecule has 2 aromatic carbocycles. The first-order valence-corrected chi connectivity index (χ1v) is 13.8. The number of hydrogen-bond donors (Lipinski definition) is 1. The minimum absolute atomic E-state index is 0.0533. The van der Waals surface area contributed by atoms with Gasteiger partial charge in [-0.2, -0.15) is 0 Å². The van der Waals surface area contributed by atoms with Crippen LogP contribution in [-0.2, 0) is 11.3 Å². The average molecular weight is 574 g/mol. The Balaban J connectivity index is 1.15. The number of rotatable bonds is 8. The maximum Gasteiger partial charge on any atom is 0.573 e. The van der Waals surface area contributed by atoms with Crippen LogP contribution in [0.5, 0.6) is 5.75 Å². The maximum atomic E-state index is 13.0. The molecule has 2 aromatic heterocycles. The Hall–Kier alpha value is -3.64. The standard InChI is InChI=1S/C28H26F3N3O5S/c1-15-12-17(26(35)36)13-22-23(15)32-27(40-22)34-10-8-18(9-11-34)37-14-20-24(33-39-25(20)16-6-7-16)19-4-2-3-5-21(19)38-28(29,30)31/h2-5,12-13,16,18H,6-11,14H2,1H3,(H,35,36). The van der Waals surface area contributed by atoms with Gasteiger partial charge in [0.25, 0.3) is 0 Å². The first kappa shape index (κ1) is 26.6. The summed E-state index contributed by atoms with van der Waals surface area (Å²) in [6.07, 6.45) is -1.52. The van der Waals surface area contributed by atoms with Crippen LogP contribution in [0.3, 0.4) is 0 Å². The predicted molar refractivity (Wildman–Crippen MR) is 142 cm³/mol. The number of aromatic carboxylic acids is 1. The number of hydrogen-bond acceptors (Lipinski definition) is 8. The van der Waals surface area contributed by atoms with Gasteiger partial charge >= 0.3 is 12.3 Å². The van der Waals surface area contributed by atoms with Crippen LogP contribution in [0.1, 0.15) is 58.8 Å². The number of para-hydroxylation sites is 1. The summed E-state index contributed by atoms with van der Waals surface area (Å²) in [6.45, 7) is 3.46. The highest BCUT2D eigenvalue weighted by molar-refractivity contribution is 7.22. The highest BCUT2D eigenvalue weighted by Crippen LogP contribution is 2.46. The van der Waals surface area contributed by atoms with Crippen molar-refractivity contribution in [2.75, 3.05) is 18.0 Å². The smallest absolute Gasteiger partial charge is 0.478 e. The molecule has 0 amide bonds. The van der Waals surface area contributed by atoms with Crippen molar-refractivity contribution in [3.05, 3.63) is 58.8 Å². The van der Waals surface area contributed by atoms with Gasteiger partial charge in [0.15, 0.2) is 5.13 Å². The predicted octanol–water partition coefficient (Wildman–Crippen LogP) is 6.92. The highest BCUT2D eigenvalue weighted by Gasteiger charge is 2.36. The molecule has 6 rings (SSSR count). The molecular weight excluding hydrogens is 547 g/mol. The van der Waals surface area contributed by atoms with Crippen LogP contribution in [-0.4, -0.2) is 46.8 Å². The number of carboxylic acids is 1. The molecule has 210 valence electrons. The average Bonchev–Trinajstić information content (AvgIpc) is 3.52. The molecule has 1 saturated heterocycles. The van der Waals surface area contributed by atoms with Gasteiger partial charge in [0.05, 0.1) is 28.5 Å². The van der Waals surface area contributed by atoms with Crippen LogP contribution >= 0.6 is 11.3 Å². The van der Waals surface area contributed by atoms with Crippen LogP contribution in [0.2, 0.25) is 0 Å². The molecule has 1 aliphatic carbocycles. The molecule has 1 aliphatic heterocycles. The van der Waals surface area contributed by atoms with Crippen LogP contribution in [0.15, 0.2) is 40.9 Å². The van der Waals surface area contributed by atoms with E-state index < -0.39 is 12.3 Å². The fraction of sp³-hybridized carbons (Fsp3) is 0.393. The molecule has 2 fully saturated rings. The molecule has 0 unspecified atom stereocenters. The molecule has 0 atom stereocenters. The van der Waals surface area contributed by atoms with Crippen molar-refractivity contribution in [2.45, 2.75) is 57.6 Å². The molecule has 12 heteroatoms. The summed E-state index contributed by atoms with van der Waals surface area (Å²) in [5.74, 6) is -0.432. The lowest BCUT2D eigenvalue weighted by Crippen LogP contribution is -2.37. The normalized spacial score (nSPS) is 16.6. The summed E-state index contributed by atoms with van der Waals surface area (Å²) < 4.78 is 56.1. The Morgan fingerprint density at radius 1 is 1.18 bits per heavy atom. The SMILES string of the molecule is Cc1cc(C(=O)O)cc2sc(N3CCC(OCc4c(-c5ccccc5OC(F)(F)F)noc4C4CC4)CC3)nc12. The van der Waals surface area contributed by atoms with Gasteiger partial charge in [-0.3, -0.25) is 0 Å². The van der Waals surface area contributed by atoms with Crippen molar-refractivity contribution in [1.82, 2.24) is 10.1 Å². The van der Waals surface area contributed by atoms with Crippen molar-refractivity contribution in [2.24, 2.45) is 0 Å². The summed E-state index contributed by atoms with van der Waals surface area (Å²) in [6, 6.07) is 9.21. The Kier molecular flexibility index (Phi) is 6.91. The Bertz CT molecular complexity index is 1550. The molecule has 1 N–H and O–H groups in total. The third-order valence-corrected chi connectivity index (χ3v) is 8.29. The molecule has 0 radical (unpaired) electrons. The Morgan fingerprint density at radius 3 is 2.62 bits per heavy atom. The summed E-state index contributed by atoms with van der Waals surface area (Å²) in [7, 11) is 0. The number of thiazole rings is 1. The highest BCUT2D eigenvalue weighted by atomic mass is 32.1. The first-order chi connectivity index (χ1) is 19.2. The summed E-state index contributed by atoms with van der Waals surface area (Å²) in [4.78, 5) is 18.4. The summed E-state index contributed by atoms with van der Waals surface area (Å²) in [5, 5.41) is 14.4. The van der Waals surface area contributed by atoms with Gasteiger partial charge in [0, 0.05) is 30.1 Å². The molecule has 0 bridgehead atoms. The summed E-state index contributed by atoms with van der Waals surface area (Å²) >= 11 is 1.48. The van der Waals surface area contributed by atoms with Gasteiger partial charge in [-0.05, 0) is 62.4 Å². The largest absolute Gasteiger partial charge is 0.573 e. The van der Waals surface area contributed by atoms with Gasteiger partial charge in [0.1, 0.15) is 17.2 Å². The third-order valence-electron chi connectivity index (χ3n) is 7.23. The Morgan fingerprint density at radius 2 is 1.93 bits per heavy atom. The second kappa shape index (κ2) is 10.4. The number of halogens is 3. The molecule has 8 nitrogen and oxygen atoms in total. The van der Waals surface area contributed by atoms with Gasteiger partial charge in [-0.1, -0.05) is 28.6 Å². The van der Waals surface area contributed by atoms with E-state index in [9.17, 15) is 23.1 Å². The van der Waals surface area contributed by atoms with E-state index in [-0.39, 0.29) is 35.5 Å². The van der Waals surface area contributed by atoms with Crippen molar-refractivity contribution in [1.29, 1.82) is 0 Å². The van der Waals surface area contributed by atoms with Crippen molar-refractivity contribution in [3.8, 4) is 17.0 Å². The molecule has 3 heterocycles. The van der Waals surface area contributed by atoms with E-state index in [2.05, 4.69) is 14.8 Å². The zero-order chi connectivity index (χ0) is 28.0. The van der Waals surface area contributed by atoms with Gasteiger partial charge in [0.2, 0.25) is 0 Å². The monoisotopic (exact) mass is 573 g/mol. The lowest BCUT2D eigenvalue weighted by Gasteiger charge is -2.31. The van der Waals surface area contributed by atoms with E-state index in [1.54, 1.807) is 18.2 Å². The Labute approximate surface area is 231 Å². The topological polar surface area (TPSA) is 97.9 Å². The van der Waals surface area contributed by atoms with Crippen LogP contribution in [0.4, 0.5) is 18.3 Å².